The van der Waals surface area contributed by atoms with Crippen LogP contribution in [0.5, 0.6) is 11.6 Å². The lowest BCUT2D eigenvalue weighted by atomic mass is 9.98. The summed E-state index contributed by atoms with van der Waals surface area (Å²) >= 11 is 0. The molecule has 2 aromatic rings. The molecule has 2 rings (SSSR count). The van der Waals surface area contributed by atoms with E-state index in [-0.39, 0.29) is 0 Å². The second kappa shape index (κ2) is 4.72. The smallest absolute Gasteiger partial charge is 0.416 e. The Morgan fingerprint density at radius 1 is 1.06 bits per heavy atom. The first kappa shape index (κ1) is 12.5. The summed E-state index contributed by atoms with van der Waals surface area (Å²) in [6, 6.07) is 8.08. The minimum absolute atomic E-state index is 0.324. The molecule has 0 aliphatic carbocycles. The Hall–Kier alpha value is -1.98. The van der Waals surface area contributed by atoms with Crippen molar-refractivity contribution in [3.8, 4) is 11.6 Å². The van der Waals surface area contributed by atoms with Gasteiger partial charge in [-0.3, -0.25) is 0 Å². The van der Waals surface area contributed by atoms with Crippen molar-refractivity contribution in [3.05, 3.63) is 48.2 Å². The van der Waals surface area contributed by atoms with Crippen molar-refractivity contribution >= 4 is 13.3 Å². The largest absolute Gasteiger partial charge is 0.440 e. The summed E-state index contributed by atoms with van der Waals surface area (Å²) in [4.78, 5) is 4.00. The third-order valence-corrected chi connectivity index (χ3v) is 2.36. The molecule has 1 heterocycles. The van der Waals surface area contributed by atoms with Crippen LogP contribution in [0.3, 0.4) is 0 Å². The molecular weight excluding hydrogens is 242 g/mol. The molecule has 6 heteroatoms. The van der Waals surface area contributed by atoms with Crippen molar-refractivity contribution < 1.29 is 17.9 Å². The van der Waals surface area contributed by atoms with Crippen LogP contribution < -0.4 is 10.2 Å². The normalized spacial score (nSPS) is 11.3. The van der Waals surface area contributed by atoms with Gasteiger partial charge < -0.3 is 4.74 Å². The quantitative estimate of drug-likeness (QED) is 0.763. The highest BCUT2D eigenvalue weighted by atomic mass is 19.4. The van der Waals surface area contributed by atoms with E-state index in [1.807, 2.05) is 13.9 Å². The Bertz CT molecular complexity index is 540. The molecule has 0 radical (unpaired) electrons. The van der Waals surface area contributed by atoms with Gasteiger partial charge in [0.25, 0.3) is 0 Å². The summed E-state index contributed by atoms with van der Waals surface area (Å²) < 4.78 is 42.5. The van der Waals surface area contributed by atoms with Gasteiger partial charge in [-0.15, -0.1) is 0 Å². The van der Waals surface area contributed by atoms with Crippen LogP contribution in [0.25, 0.3) is 0 Å². The van der Waals surface area contributed by atoms with E-state index in [1.165, 1.54) is 12.1 Å². The monoisotopic (exact) mass is 251 g/mol. The van der Waals surface area contributed by atoms with Crippen molar-refractivity contribution in [2.75, 3.05) is 0 Å². The maximum Gasteiger partial charge on any atom is 0.416 e. The highest BCUT2D eigenvalue weighted by Gasteiger charge is 2.30. The average molecular weight is 251 g/mol. The van der Waals surface area contributed by atoms with Gasteiger partial charge in [0.1, 0.15) is 13.6 Å². The molecule has 0 unspecified atom stereocenters. The Balaban J connectivity index is 2.19. The number of hydrogen-bond donors (Lipinski definition) is 0. The van der Waals surface area contributed by atoms with Crippen LogP contribution in [0.2, 0.25) is 0 Å². The summed E-state index contributed by atoms with van der Waals surface area (Å²) in [5.74, 6) is 0.710. The number of rotatable bonds is 2. The second-order valence-corrected chi connectivity index (χ2v) is 3.75. The predicted octanol–water partition coefficient (Wildman–Crippen LogP) is 2.15. The van der Waals surface area contributed by atoms with Gasteiger partial charge in [0.15, 0.2) is 0 Å². The molecule has 0 fully saturated rings. The lowest BCUT2D eigenvalue weighted by Crippen LogP contribution is -2.08. The predicted molar refractivity (Wildman–Crippen MR) is 63.9 cm³/mol. The van der Waals surface area contributed by atoms with Crippen LogP contribution in [0.4, 0.5) is 13.2 Å². The third-order valence-electron chi connectivity index (χ3n) is 2.36. The fourth-order valence-electron chi connectivity index (χ4n) is 1.40. The third kappa shape index (κ3) is 2.82. The Kier molecular flexibility index (Phi) is 3.27. The molecular formula is C12H9BF3NO. The summed E-state index contributed by atoms with van der Waals surface area (Å²) in [7, 11) is 1.81. The van der Waals surface area contributed by atoms with E-state index >= 15 is 0 Å². The van der Waals surface area contributed by atoms with Crippen molar-refractivity contribution in [2.24, 2.45) is 0 Å². The number of aromatic nitrogens is 1. The highest BCUT2D eigenvalue weighted by molar-refractivity contribution is 6.33. The Labute approximate surface area is 103 Å². The topological polar surface area (TPSA) is 22.1 Å². The molecule has 0 amide bonds. The first-order chi connectivity index (χ1) is 8.47. The zero-order valence-corrected chi connectivity index (χ0v) is 9.53. The van der Waals surface area contributed by atoms with Crippen molar-refractivity contribution in [1.29, 1.82) is 0 Å². The number of pyridine rings is 1. The van der Waals surface area contributed by atoms with Crippen molar-refractivity contribution in [2.45, 2.75) is 6.18 Å². The van der Waals surface area contributed by atoms with Crippen molar-refractivity contribution in [3.63, 3.8) is 0 Å². The summed E-state index contributed by atoms with van der Waals surface area (Å²) in [6.07, 6.45) is -2.77. The molecule has 1 aromatic heterocycles. The molecule has 2 nitrogen and oxygen atoms in total. The number of nitrogens with zero attached hydrogens (tertiary/aromatic N) is 1. The molecule has 0 aliphatic rings. The lowest BCUT2D eigenvalue weighted by molar-refractivity contribution is -0.137. The molecule has 0 saturated carbocycles. The van der Waals surface area contributed by atoms with Gasteiger partial charge in [-0.25, -0.2) is 4.98 Å². The first-order valence-corrected chi connectivity index (χ1v) is 5.23. The van der Waals surface area contributed by atoms with Crippen LogP contribution in [0.15, 0.2) is 42.6 Å². The maximum absolute atomic E-state index is 12.4. The van der Waals surface area contributed by atoms with E-state index in [9.17, 15) is 13.2 Å². The van der Waals surface area contributed by atoms with Crippen LogP contribution in [0.1, 0.15) is 5.56 Å². The van der Waals surface area contributed by atoms with Gasteiger partial charge in [-0.05, 0) is 35.8 Å². The van der Waals surface area contributed by atoms with Gasteiger partial charge in [-0.1, -0.05) is 6.07 Å². The minimum atomic E-state index is -4.33. The number of ether oxygens (including phenoxy) is 1. The van der Waals surface area contributed by atoms with Gasteiger partial charge >= 0.3 is 6.18 Å². The van der Waals surface area contributed by atoms with E-state index < -0.39 is 11.7 Å². The van der Waals surface area contributed by atoms with Gasteiger partial charge in [0.2, 0.25) is 5.88 Å². The standard InChI is InChI=1S/C12H9BF3NO/c13-10-2-1-7-17-11(10)18-9-5-3-8(4-6-9)12(14,15)16/h1-7H,13H2. The molecule has 1 aromatic carbocycles. The number of halogens is 3. The SMILES string of the molecule is Bc1cccnc1Oc1ccc(C(F)(F)F)cc1. The van der Waals surface area contributed by atoms with Gasteiger partial charge in [-0.2, -0.15) is 13.2 Å². The molecule has 0 spiro atoms. The van der Waals surface area contributed by atoms with E-state index in [2.05, 4.69) is 4.98 Å². The maximum atomic E-state index is 12.4. The Morgan fingerprint density at radius 3 is 2.28 bits per heavy atom. The number of alkyl halides is 3. The molecule has 18 heavy (non-hydrogen) atoms. The highest BCUT2D eigenvalue weighted by Crippen LogP contribution is 2.30. The van der Waals surface area contributed by atoms with Crippen LogP contribution in [0, 0.1) is 0 Å². The van der Waals surface area contributed by atoms with E-state index in [1.54, 1.807) is 12.3 Å². The van der Waals surface area contributed by atoms with Gasteiger partial charge in [0.05, 0.1) is 5.56 Å². The van der Waals surface area contributed by atoms with Crippen LogP contribution in [-0.2, 0) is 6.18 Å². The van der Waals surface area contributed by atoms with Gasteiger partial charge in [0, 0.05) is 6.20 Å². The van der Waals surface area contributed by atoms with Crippen LogP contribution in [-0.4, -0.2) is 12.8 Å². The molecule has 92 valence electrons. The Morgan fingerprint density at radius 2 is 1.72 bits per heavy atom. The second-order valence-electron chi connectivity index (χ2n) is 3.75. The summed E-state index contributed by atoms with van der Waals surface area (Å²) in [6.45, 7) is 0. The summed E-state index contributed by atoms with van der Waals surface area (Å²) in [5, 5.41) is 0. The fraction of sp³-hybridized carbons (Fsp3) is 0.0833. The number of benzene rings is 1. The molecule has 0 aliphatic heterocycles. The minimum Gasteiger partial charge on any atom is -0.440 e. The van der Waals surface area contributed by atoms with Crippen LogP contribution >= 0.6 is 0 Å². The van der Waals surface area contributed by atoms with E-state index in [0.29, 0.717) is 11.6 Å². The van der Waals surface area contributed by atoms with Crippen molar-refractivity contribution in [1.82, 2.24) is 4.98 Å². The first-order valence-electron chi connectivity index (χ1n) is 5.23. The fourth-order valence-corrected chi connectivity index (χ4v) is 1.40. The van der Waals surface area contributed by atoms with E-state index in [0.717, 1.165) is 17.6 Å². The lowest BCUT2D eigenvalue weighted by Gasteiger charge is -2.09. The summed E-state index contributed by atoms with van der Waals surface area (Å²) in [5.41, 5.74) is 0.116. The van der Waals surface area contributed by atoms with E-state index in [4.69, 9.17) is 4.74 Å². The number of hydrogen-bond acceptors (Lipinski definition) is 2. The zero-order chi connectivity index (χ0) is 13.2. The molecule has 0 saturated heterocycles. The molecule has 0 bridgehead atoms. The molecule has 0 N–H and O–H groups in total. The average Bonchev–Trinajstić information content (AvgIpc) is 2.32. The zero-order valence-electron chi connectivity index (χ0n) is 9.53. The molecule has 0 atom stereocenters.